The average Bonchev–Trinajstić information content (AvgIpc) is 2.76. The van der Waals surface area contributed by atoms with Crippen molar-refractivity contribution in [2.75, 3.05) is 20.8 Å². The van der Waals surface area contributed by atoms with Crippen molar-refractivity contribution in [2.24, 2.45) is 0 Å². The number of benzene rings is 3. The highest BCUT2D eigenvalue weighted by Gasteiger charge is 2.11. The van der Waals surface area contributed by atoms with Crippen LogP contribution in [-0.2, 0) is 11.3 Å². The maximum atomic E-state index is 12.5. The molecule has 0 N–H and O–H groups in total. The number of Topliss-reactive ketones (excluding diaryl/α,β-unsaturated/α-hetero) is 1. The molecular weight excluding hydrogens is 378 g/mol. The minimum atomic E-state index is -0.0279. The zero-order chi connectivity index (χ0) is 21.5. The SMILES string of the molecule is COc1cc(C(C)=O)ccc1OCCCC(=O)N(C)Cc1ccc2ccccc2c1. The average molecular weight is 405 g/mol. The molecule has 0 radical (unpaired) electrons. The summed E-state index contributed by atoms with van der Waals surface area (Å²) in [5.74, 6) is 1.13. The summed E-state index contributed by atoms with van der Waals surface area (Å²) in [6.07, 6.45) is 0.996. The van der Waals surface area contributed by atoms with Crippen LogP contribution in [-0.4, -0.2) is 37.4 Å². The number of nitrogens with zero attached hydrogens (tertiary/aromatic N) is 1. The third kappa shape index (κ3) is 5.38. The summed E-state index contributed by atoms with van der Waals surface area (Å²) < 4.78 is 11.0. The largest absolute Gasteiger partial charge is 0.493 e. The van der Waals surface area contributed by atoms with Gasteiger partial charge in [-0.05, 0) is 53.9 Å². The molecule has 0 bridgehead atoms. The Morgan fingerprint density at radius 2 is 1.70 bits per heavy atom. The first-order chi connectivity index (χ1) is 14.5. The van der Waals surface area contributed by atoms with E-state index in [1.807, 2.05) is 19.2 Å². The molecule has 0 aromatic heterocycles. The Morgan fingerprint density at radius 1 is 0.933 bits per heavy atom. The van der Waals surface area contributed by atoms with Crippen molar-refractivity contribution in [1.29, 1.82) is 0 Å². The smallest absolute Gasteiger partial charge is 0.222 e. The highest BCUT2D eigenvalue weighted by Crippen LogP contribution is 2.28. The first-order valence-corrected chi connectivity index (χ1v) is 10.0. The summed E-state index contributed by atoms with van der Waals surface area (Å²) in [6.45, 7) is 2.48. The first-order valence-electron chi connectivity index (χ1n) is 10.0. The molecule has 0 aliphatic carbocycles. The Morgan fingerprint density at radius 3 is 2.43 bits per heavy atom. The number of fused-ring (bicyclic) bond motifs is 1. The Bertz CT molecular complexity index is 1040. The van der Waals surface area contributed by atoms with Crippen molar-refractivity contribution in [1.82, 2.24) is 4.90 Å². The summed E-state index contributed by atoms with van der Waals surface area (Å²) >= 11 is 0. The van der Waals surface area contributed by atoms with Crippen LogP contribution in [0.1, 0.15) is 35.7 Å². The molecule has 0 aliphatic heterocycles. The number of carbonyl (C=O) groups excluding carboxylic acids is 2. The minimum Gasteiger partial charge on any atom is -0.493 e. The zero-order valence-corrected chi connectivity index (χ0v) is 17.7. The van der Waals surface area contributed by atoms with Gasteiger partial charge >= 0.3 is 0 Å². The number of hydrogen-bond donors (Lipinski definition) is 0. The van der Waals surface area contributed by atoms with Crippen molar-refractivity contribution in [3.8, 4) is 11.5 Å². The van der Waals surface area contributed by atoms with E-state index in [2.05, 4.69) is 30.3 Å². The Labute approximate surface area is 177 Å². The van der Waals surface area contributed by atoms with E-state index < -0.39 is 0 Å². The van der Waals surface area contributed by atoms with Gasteiger partial charge in [0.15, 0.2) is 17.3 Å². The van der Waals surface area contributed by atoms with Gasteiger partial charge in [-0.15, -0.1) is 0 Å². The second kappa shape index (κ2) is 9.92. The van der Waals surface area contributed by atoms with Crippen LogP contribution in [0.15, 0.2) is 60.7 Å². The lowest BCUT2D eigenvalue weighted by Gasteiger charge is -2.18. The summed E-state index contributed by atoms with van der Waals surface area (Å²) in [7, 11) is 3.36. The van der Waals surface area contributed by atoms with Gasteiger partial charge in [0, 0.05) is 25.6 Å². The topological polar surface area (TPSA) is 55.8 Å². The van der Waals surface area contributed by atoms with Crippen LogP contribution in [0.3, 0.4) is 0 Å². The lowest BCUT2D eigenvalue weighted by atomic mass is 10.1. The Balaban J connectivity index is 1.48. The second-order valence-electron chi connectivity index (χ2n) is 7.31. The van der Waals surface area contributed by atoms with Crippen LogP contribution < -0.4 is 9.47 Å². The molecule has 0 unspecified atom stereocenters. The summed E-state index contributed by atoms with van der Waals surface area (Å²) in [6, 6.07) is 19.6. The van der Waals surface area contributed by atoms with Crippen molar-refractivity contribution < 1.29 is 19.1 Å². The van der Waals surface area contributed by atoms with E-state index in [1.165, 1.54) is 24.8 Å². The van der Waals surface area contributed by atoms with Gasteiger partial charge in [0.05, 0.1) is 13.7 Å². The van der Waals surface area contributed by atoms with E-state index in [4.69, 9.17) is 9.47 Å². The van der Waals surface area contributed by atoms with Gasteiger partial charge in [0.1, 0.15) is 0 Å². The molecule has 3 aromatic rings. The Kier molecular flexibility index (Phi) is 7.07. The molecule has 0 saturated heterocycles. The van der Waals surface area contributed by atoms with Gasteiger partial charge in [-0.2, -0.15) is 0 Å². The van der Waals surface area contributed by atoms with Crippen LogP contribution >= 0.6 is 0 Å². The fourth-order valence-corrected chi connectivity index (χ4v) is 3.30. The predicted octanol–water partition coefficient (Wildman–Crippen LogP) is 4.87. The van der Waals surface area contributed by atoms with E-state index in [0.29, 0.717) is 43.1 Å². The number of rotatable bonds is 9. The fourth-order valence-electron chi connectivity index (χ4n) is 3.30. The number of ketones is 1. The monoisotopic (exact) mass is 405 g/mol. The normalized spacial score (nSPS) is 10.6. The van der Waals surface area contributed by atoms with E-state index in [1.54, 1.807) is 23.1 Å². The molecule has 3 aromatic carbocycles. The van der Waals surface area contributed by atoms with E-state index in [0.717, 1.165) is 5.56 Å². The van der Waals surface area contributed by atoms with E-state index in [9.17, 15) is 9.59 Å². The summed E-state index contributed by atoms with van der Waals surface area (Å²) in [5.41, 5.74) is 1.68. The quantitative estimate of drug-likeness (QED) is 0.376. The standard InChI is InChI=1S/C25H27NO4/c1-18(27)21-12-13-23(24(16-21)29-3)30-14-6-9-25(28)26(2)17-19-10-11-20-7-4-5-8-22(20)15-19/h4-5,7-8,10-13,15-16H,6,9,14,17H2,1-3H3. The zero-order valence-electron chi connectivity index (χ0n) is 17.7. The molecule has 0 atom stereocenters. The maximum Gasteiger partial charge on any atom is 0.222 e. The van der Waals surface area contributed by atoms with Crippen LogP contribution in [0.25, 0.3) is 10.8 Å². The molecule has 0 fully saturated rings. The van der Waals surface area contributed by atoms with Crippen molar-refractivity contribution in [2.45, 2.75) is 26.3 Å². The maximum absolute atomic E-state index is 12.5. The van der Waals surface area contributed by atoms with E-state index in [-0.39, 0.29) is 11.7 Å². The van der Waals surface area contributed by atoms with Crippen molar-refractivity contribution in [3.63, 3.8) is 0 Å². The Hall–Kier alpha value is -3.34. The molecular formula is C25H27NO4. The van der Waals surface area contributed by atoms with Crippen LogP contribution in [0, 0.1) is 0 Å². The fraction of sp³-hybridized carbons (Fsp3) is 0.280. The predicted molar refractivity (Wildman–Crippen MR) is 118 cm³/mol. The number of amides is 1. The van der Waals surface area contributed by atoms with Gasteiger partial charge in [0.25, 0.3) is 0 Å². The third-order valence-corrected chi connectivity index (χ3v) is 5.02. The molecule has 5 nitrogen and oxygen atoms in total. The highest BCUT2D eigenvalue weighted by atomic mass is 16.5. The molecule has 1 amide bonds. The molecule has 5 heteroatoms. The van der Waals surface area contributed by atoms with Crippen LogP contribution in [0.2, 0.25) is 0 Å². The van der Waals surface area contributed by atoms with Gasteiger partial charge in [0.2, 0.25) is 5.91 Å². The van der Waals surface area contributed by atoms with Gasteiger partial charge in [-0.1, -0.05) is 36.4 Å². The molecule has 0 aliphatic rings. The molecule has 156 valence electrons. The first kappa shape index (κ1) is 21.4. The molecule has 0 heterocycles. The van der Waals surface area contributed by atoms with Crippen molar-refractivity contribution in [3.05, 3.63) is 71.8 Å². The van der Waals surface area contributed by atoms with E-state index >= 15 is 0 Å². The highest BCUT2D eigenvalue weighted by molar-refractivity contribution is 5.94. The van der Waals surface area contributed by atoms with Crippen LogP contribution in [0.4, 0.5) is 0 Å². The van der Waals surface area contributed by atoms with Gasteiger partial charge < -0.3 is 14.4 Å². The summed E-state index contributed by atoms with van der Waals surface area (Å²) in [4.78, 5) is 25.7. The van der Waals surface area contributed by atoms with Gasteiger partial charge in [-0.25, -0.2) is 0 Å². The molecule has 0 saturated carbocycles. The second-order valence-corrected chi connectivity index (χ2v) is 7.31. The lowest BCUT2D eigenvalue weighted by Crippen LogP contribution is -2.26. The third-order valence-electron chi connectivity index (χ3n) is 5.02. The lowest BCUT2D eigenvalue weighted by molar-refractivity contribution is -0.130. The van der Waals surface area contributed by atoms with Crippen LogP contribution in [0.5, 0.6) is 11.5 Å². The van der Waals surface area contributed by atoms with Gasteiger partial charge in [-0.3, -0.25) is 9.59 Å². The molecule has 0 spiro atoms. The number of methoxy groups -OCH3 is 1. The number of ether oxygens (including phenoxy) is 2. The molecule has 3 rings (SSSR count). The summed E-state index contributed by atoms with van der Waals surface area (Å²) in [5, 5.41) is 2.37. The van der Waals surface area contributed by atoms with Crippen molar-refractivity contribution >= 4 is 22.5 Å². The molecule has 30 heavy (non-hydrogen) atoms. The number of hydrogen-bond acceptors (Lipinski definition) is 4. The minimum absolute atomic E-state index is 0.0279. The number of carbonyl (C=O) groups is 2.